The van der Waals surface area contributed by atoms with Crippen LogP contribution in [0.1, 0.15) is 52.0 Å². The van der Waals surface area contributed by atoms with E-state index in [0.717, 1.165) is 42.9 Å². The fraction of sp³-hybridized carbons (Fsp3) is 0.611. The lowest BCUT2D eigenvalue weighted by Gasteiger charge is -2.36. The lowest BCUT2D eigenvalue weighted by Crippen LogP contribution is -2.31. The molecule has 1 aromatic rings. The van der Waals surface area contributed by atoms with Gasteiger partial charge in [-0.1, -0.05) is 32.9 Å². The monoisotopic (exact) mass is 289 g/mol. The van der Waals surface area contributed by atoms with E-state index in [2.05, 4.69) is 26.1 Å². The number of carbonyl (C=O) groups is 1. The van der Waals surface area contributed by atoms with Crippen LogP contribution in [0.3, 0.4) is 0 Å². The van der Waals surface area contributed by atoms with Crippen molar-refractivity contribution in [3.05, 3.63) is 29.8 Å². The molecule has 2 rings (SSSR count). The van der Waals surface area contributed by atoms with Gasteiger partial charge in [0.2, 0.25) is 5.91 Å². The first-order chi connectivity index (χ1) is 9.90. The van der Waals surface area contributed by atoms with E-state index in [9.17, 15) is 4.79 Å². The minimum Gasteiger partial charge on any atom is -0.392 e. The topological polar surface area (TPSA) is 49.3 Å². The summed E-state index contributed by atoms with van der Waals surface area (Å²) in [6.07, 6.45) is 4.26. The Morgan fingerprint density at radius 2 is 1.71 bits per heavy atom. The minimum absolute atomic E-state index is 0.0328. The van der Waals surface area contributed by atoms with Crippen molar-refractivity contribution in [1.29, 1.82) is 0 Å². The first kappa shape index (κ1) is 16.0. The SMILES string of the molecule is CC(C)(C)C1CCC(C(=O)Nc2ccc(CO)cc2)CC1. The highest BCUT2D eigenvalue weighted by atomic mass is 16.3. The maximum atomic E-state index is 12.3. The normalized spacial score (nSPS) is 22.9. The van der Waals surface area contributed by atoms with Gasteiger partial charge in [0, 0.05) is 11.6 Å². The van der Waals surface area contributed by atoms with E-state index in [-0.39, 0.29) is 18.4 Å². The molecule has 1 aromatic carbocycles. The number of nitrogens with one attached hydrogen (secondary N) is 1. The Morgan fingerprint density at radius 3 is 2.19 bits per heavy atom. The molecule has 2 N–H and O–H groups in total. The maximum Gasteiger partial charge on any atom is 0.227 e. The highest BCUT2D eigenvalue weighted by molar-refractivity contribution is 5.92. The molecule has 0 atom stereocenters. The Bertz CT molecular complexity index is 465. The van der Waals surface area contributed by atoms with Crippen LogP contribution in [0.25, 0.3) is 0 Å². The fourth-order valence-electron chi connectivity index (χ4n) is 3.16. The van der Waals surface area contributed by atoms with Crippen LogP contribution in [-0.4, -0.2) is 11.0 Å². The second kappa shape index (κ2) is 6.61. The zero-order valence-electron chi connectivity index (χ0n) is 13.4. The zero-order valence-corrected chi connectivity index (χ0v) is 13.4. The number of aliphatic hydroxyl groups is 1. The Labute approximate surface area is 127 Å². The van der Waals surface area contributed by atoms with Gasteiger partial charge in [-0.3, -0.25) is 4.79 Å². The van der Waals surface area contributed by atoms with Gasteiger partial charge in [0.15, 0.2) is 0 Å². The lowest BCUT2D eigenvalue weighted by molar-refractivity contribution is -0.121. The van der Waals surface area contributed by atoms with Crippen molar-refractivity contribution >= 4 is 11.6 Å². The summed E-state index contributed by atoms with van der Waals surface area (Å²) in [4.78, 5) is 12.3. The van der Waals surface area contributed by atoms with Crippen molar-refractivity contribution in [2.45, 2.75) is 53.1 Å². The van der Waals surface area contributed by atoms with Gasteiger partial charge in [-0.2, -0.15) is 0 Å². The lowest BCUT2D eigenvalue weighted by atomic mass is 9.69. The van der Waals surface area contributed by atoms with Crippen molar-refractivity contribution in [3.8, 4) is 0 Å². The molecule has 21 heavy (non-hydrogen) atoms. The summed E-state index contributed by atoms with van der Waals surface area (Å²) in [6, 6.07) is 7.38. The Morgan fingerprint density at radius 1 is 1.14 bits per heavy atom. The quantitative estimate of drug-likeness (QED) is 0.884. The molecule has 3 heteroatoms. The third kappa shape index (κ3) is 4.31. The number of carbonyl (C=O) groups excluding carboxylic acids is 1. The van der Waals surface area contributed by atoms with Crippen molar-refractivity contribution in [1.82, 2.24) is 0 Å². The maximum absolute atomic E-state index is 12.3. The van der Waals surface area contributed by atoms with Crippen LogP contribution in [0.4, 0.5) is 5.69 Å². The van der Waals surface area contributed by atoms with Crippen LogP contribution in [0.5, 0.6) is 0 Å². The molecule has 116 valence electrons. The smallest absolute Gasteiger partial charge is 0.227 e. The van der Waals surface area contributed by atoms with E-state index < -0.39 is 0 Å². The molecule has 0 aromatic heterocycles. The molecule has 0 aliphatic heterocycles. The number of anilines is 1. The summed E-state index contributed by atoms with van der Waals surface area (Å²) in [5.74, 6) is 1.01. The van der Waals surface area contributed by atoms with Gasteiger partial charge in [-0.15, -0.1) is 0 Å². The predicted octanol–water partition coefficient (Wildman–Crippen LogP) is 3.97. The molecule has 3 nitrogen and oxygen atoms in total. The van der Waals surface area contributed by atoms with Crippen LogP contribution in [0, 0.1) is 17.3 Å². The summed E-state index contributed by atoms with van der Waals surface area (Å²) in [5.41, 5.74) is 2.02. The second-order valence-corrected chi connectivity index (χ2v) is 7.26. The standard InChI is InChI=1S/C18H27NO2/c1-18(2,3)15-8-6-14(7-9-15)17(21)19-16-10-4-13(12-20)5-11-16/h4-5,10-11,14-15,20H,6-9,12H2,1-3H3,(H,19,21). The molecular formula is C18H27NO2. The number of hydrogen-bond donors (Lipinski definition) is 2. The molecule has 0 spiro atoms. The largest absolute Gasteiger partial charge is 0.392 e. The number of benzene rings is 1. The Kier molecular flexibility index (Phi) is 5.04. The highest BCUT2D eigenvalue weighted by Gasteiger charge is 2.32. The van der Waals surface area contributed by atoms with Crippen molar-refractivity contribution in [3.63, 3.8) is 0 Å². The van der Waals surface area contributed by atoms with Gasteiger partial charge in [-0.05, 0) is 54.7 Å². The molecule has 0 heterocycles. The Hall–Kier alpha value is -1.35. The van der Waals surface area contributed by atoms with Gasteiger partial charge in [0.05, 0.1) is 6.61 Å². The van der Waals surface area contributed by atoms with Gasteiger partial charge in [-0.25, -0.2) is 0 Å². The average Bonchev–Trinajstić information content (AvgIpc) is 2.47. The highest BCUT2D eigenvalue weighted by Crippen LogP contribution is 2.40. The molecule has 0 unspecified atom stereocenters. The average molecular weight is 289 g/mol. The fourth-order valence-corrected chi connectivity index (χ4v) is 3.16. The van der Waals surface area contributed by atoms with E-state index in [4.69, 9.17) is 5.11 Å². The summed E-state index contributed by atoms with van der Waals surface area (Å²) in [7, 11) is 0. The number of amides is 1. The Balaban J connectivity index is 1.87. The first-order valence-electron chi connectivity index (χ1n) is 7.91. The van der Waals surface area contributed by atoms with E-state index in [0.29, 0.717) is 5.41 Å². The molecule has 1 saturated carbocycles. The summed E-state index contributed by atoms with van der Waals surface area (Å²) in [6.45, 7) is 6.91. The van der Waals surface area contributed by atoms with Gasteiger partial charge in [0.25, 0.3) is 0 Å². The molecule has 1 amide bonds. The van der Waals surface area contributed by atoms with Crippen molar-refractivity contribution in [2.24, 2.45) is 17.3 Å². The predicted molar refractivity (Wildman–Crippen MR) is 85.9 cm³/mol. The van der Waals surface area contributed by atoms with Crippen molar-refractivity contribution in [2.75, 3.05) is 5.32 Å². The van der Waals surface area contributed by atoms with Gasteiger partial charge >= 0.3 is 0 Å². The van der Waals surface area contributed by atoms with Crippen LogP contribution < -0.4 is 5.32 Å². The summed E-state index contributed by atoms with van der Waals surface area (Å²) in [5, 5.41) is 12.0. The summed E-state index contributed by atoms with van der Waals surface area (Å²) < 4.78 is 0. The van der Waals surface area contributed by atoms with Crippen molar-refractivity contribution < 1.29 is 9.90 Å². The van der Waals surface area contributed by atoms with E-state index in [1.807, 2.05) is 24.3 Å². The van der Waals surface area contributed by atoms with Crippen LogP contribution in [0.15, 0.2) is 24.3 Å². The number of rotatable bonds is 3. The molecule has 1 fully saturated rings. The van der Waals surface area contributed by atoms with Crippen LogP contribution in [-0.2, 0) is 11.4 Å². The number of aliphatic hydroxyl groups excluding tert-OH is 1. The number of hydrogen-bond acceptors (Lipinski definition) is 2. The van der Waals surface area contributed by atoms with Crippen LogP contribution >= 0.6 is 0 Å². The second-order valence-electron chi connectivity index (χ2n) is 7.26. The van der Waals surface area contributed by atoms with E-state index >= 15 is 0 Å². The first-order valence-corrected chi connectivity index (χ1v) is 7.91. The molecule has 0 saturated heterocycles. The third-order valence-electron chi connectivity index (χ3n) is 4.73. The van der Waals surface area contributed by atoms with E-state index in [1.54, 1.807) is 0 Å². The zero-order chi connectivity index (χ0) is 15.5. The summed E-state index contributed by atoms with van der Waals surface area (Å²) >= 11 is 0. The van der Waals surface area contributed by atoms with Crippen LogP contribution in [0.2, 0.25) is 0 Å². The molecule has 0 radical (unpaired) electrons. The molecular weight excluding hydrogens is 262 g/mol. The van der Waals surface area contributed by atoms with E-state index in [1.165, 1.54) is 0 Å². The third-order valence-corrected chi connectivity index (χ3v) is 4.73. The molecule has 1 aliphatic rings. The molecule has 0 bridgehead atoms. The minimum atomic E-state index is 0.0328. The molecule has 1 aliphatic carbocycles. The van der Waals surface area contributed by atoms with Gasteiger partial charge in [0.1, 0.15) is 0 Å². The van der Waals surface area contributed by atoms with Gasteiger partial charge < -0.3 is 10.4 Å².